The van der Waals surface area contributed by atoms with E-state index in [1.807, 2.05) is 0 Å². The fourth-order valence-corrected chi connectivity index (χ4v) is 3.02. The van der Waals surface area contributed by atoms with Gasteiger partial charge in [-0.1, -0.05) is 11.8 Å². The molecule has 2 nitrogen and oxygen atoms in total. The molecule has 0 fully saturated rings. The average molecular weight is 363 g/mol. The van der Waals surface area contributed by atoms with E-state index >= 15 is 0 Å². The summed E-state index contributed by atoms with van der Waals surface area (Å²) in [5.74, 6) is -6.81. The van der Waals surface area contributed by atoms with Gasteiger partial charge in [0, 0.05) is 28.7 Å². The predicted octanol–water partition coefficient (Wildman–Crippen LogP) is 3.86. The number of hydrogen-bond acceptors (Lipinski definition) is 3. The summed E-state index contributed by atoms with van der Waals surface area (Å²) in [6, 6.07) is 1.36. The molecule has 12 heteroatoms. The van der Waals surface area contributed by atoms with Crippen LogP contribution >= 0.6 is 11.8 Å². The third kappa shape index (κ3) is 7.85. The number of hydrogen-bond donors (Lipinski definition) is 0. The molecule has 0 radical (unpaired) electrons. The van der Waals surface area contributed by atoms with Crippen molar-refractivity contribution in [3.05, 3.63) is 0 Å². The SMILES string of the molecule is N#CC(CCSC(F)(F)F)S(=O)CCC(F)(F)C(F)(F)F. The molecule has 0 aromatic carbocycles. The normalized spacial score (nSPS) is 16.3. The lowest BCUT2D eigenvalue weighted by Gasteiger charge is -2.19. The highest BCUT2D eigenvalue weighted by Gasteiger charge is 2.56. The van der Waals surface area contributed by atoms with Crippen molar-refractivity contribution in [1.29, 1.82) is 5.26 Å². The number of nitrogens with zero attached hydrogens (tertiary/aromatic N) is 1. The van der Waals surface area contributed by atoms with Gasteiger partial charge in [-0.2, -0.15) is 40.4 Å². The zero-order valence-corrected chi connectivity index (χ0v) is 11.7. The maximum Gasteiger partial charge on any atom is 0.453 e. The lowest BCUT2D eigenvalue weighted by atomic mass is 10.2. The Hall–Kier alpha value is -0.570. The van der Waals surface area contributed by atoms with Crippen molar-refractivity contribution < 1.29 is 39.3 Å². The zero-order chi connectivity index (χ0) is 16.9. The van der Waals surface area contributed by atoms with Gasteiger partial charge in [-0.15, -0.1) is 0 Å². The monoisotopic (exact) mass is 363 g/mol. The van der Waals surface area contributed by atoms with Crippen LogP contribution in [0.15, 0.2) is 0 Å². The van der Waals surface area contributed by atoms with Crippen LogP contribution in [0.2, 0.25) is 0 Å². The Kier molecular flexibility index (Phi) is 7.41. The summed E-state index contributed by atoms with van der Waals surface area (Å²) in [6.45, 7) is 0. The van der Waals surface area contributed by atoms with Crippen LogP contribution in [0.5, 0.6) is 0 Å². The number of rotatable bonds is 7. The van der Waals surface area contributed by atoms with Crippen molar-refractivity contribution in [2.45, 2.75) is 35.7 Å². The number of thioether (sulfide) groups is 1. The Balaban J connectivity index is 4.40. The fourth-order valence-electron chi connectivity index (χ4n) is 1.05. The van der Waals surface area contributed by atoms with E-state index < -0.39 is 69.8 Å². The summed E-state index contributed by atoms with van der Waals surface area (Å²) >= 11 is -0.491. The highest BCUT2D eigenvalue weighted by atomic mass is 32.2. The standard InChI is InChI=1S/C9H9F8NOS2/c10-7(11,8(12,13)14)2-4-21(19)6(5-18)1-3-20-9(15,16)17/h6H,1-4H2. The van der Waals surface area contributed by atoms with Gasteiger partial charge in [0.25, 0.3) is 0 Å². The third-order valence-electron chi connectivity index (χ3n) is 2.14. The Morgan fingerprint density at radius 1 is 1.10 bits per heavy atom. The van der Waals surface area contributed by atoms with Crippen molar-refractivity contribution in [1.82, 2.24) is 0 Å². The summed E-state index contributed by atoms with van der Waals surface area (Å²) in [5.41, 5.74) is -4.56. The molecule has 0 aromatic heterocycles. The van der Waals surface area contributed by atoms with Gasteiger partial charge in [-0.3, -0.25) is 4.21 Å². The smallest absolute Gasteiger partial charge is 0.258 e. The zero-order valence-electron chi connectivity index (χ0n) is 10.1. The third-order valence-corrected chi connectivity index (χ3v) is 4.49. The molecule has 0 aromatic rings. The van der Waals surface area contributed by atoms with Crippen LogP contribution in [0.3, 0.4) is 0 Å². The van der Waals surface area contributed by atoms with Gasteiger partial charge in [-0.05, 0) is 6.42 Å². The fraction of sp³-hybridized carbons (Fsp3) is 0.889. The number of nitriles is 1. The first-order valence-corrected chi connectivity index (χ1v) is 7.59. The maximum atomic E-state index is 12.6. The molecule has 0 heterocycles. The molecule has 0 bridgehead atoms. The number of halogens is 8. The minimum atomic E-state index is -5.80. The van der Waals surface area contributed by atoms with Gasteiger partial charge < -0.3 is 0 Å². The summed E-state index contributed by atoms with van der Waals surface area (Å²) in [4.78, 5) is 0. The molecule has 0 N–H and O–H groups in total. The molecule has 21 heavy (non-hydrogen) atoms. The Labute approximate surface area is 121 Å². The lowest BCUT2D eigenvalue weighted by molar-refractivity contribution is -0.282. The Morgan fingerprint density at radius 3 is 2.00 bits per heavy atom. The van der Waals surface area contributed by atoms with E-state index in [1.54, 1.807) is 0 Å². The average Bonchev–Trinajstić information content (AvgIpc) is 2.29. The van der Waals surface area contributed by atoms with Crippen LogP contribution in [0.4, 0.5) is 35.1 Å². The van der Waals surface area contributed by atoms with Crippen molar-refractivity contribution >= 4 is 22.6 Å². The molecule has 124 valence electrons. The molecular formula is C9H9F8NOS2. The van der Waals surface area contributed by atoms with Gasteiger partial charge >= 0.3 is 17.6 Å². The second-order valence-electron chi connectivity index (χ2n) is 3.74. The molecule has 2 unspecified atom stereocenters. The summed E-state index contributed by atoms with van der Waals surface area (Å²) in [7, 11) is -2.39. The van der Waals surface area contributed by atoms with E-state index in [9.17, 15) is 39.3 Å². The molecule has 0 amide bonds. The summed E-state index contributed by atoms with van der Waals surface area (Å²) in [6.07, 6.45) is -8.11. The largest absolute Gasteiger partial charge is 0.453 e. The van der Waals surface area contributed by atoms with E-state index in [-0.39, 0.29) is 0 Å². The molecule has 0 rings (SSSR count). The Bertz CT molecular complexity index is 400. The first-order chi connectivity index (χ1) is 9.30. The predicted molar refractivity (Wildman–Crippen MR) is 61.2 cm³/mol. The van der Waals surface area contributed by atoms with E-state index in [0.717, 1.165) is 0 Å². The first kappa shape index (κ1) is 20.4. The van der Waals surface area contributed by atoms with Crippen LogP contribution in [0.25, 0.3) is 0 Å². The molecular weight excluding hydrogens is 354 g/mol. The second kappa shape index (κ2) is 7.62. The highest BCUT2D eigenvalue weighted by molar-refractivity contribution is 8.00. The second-order valence-corrected chi connectivity index (χ2v) is 6.64. The van der Waals surface area contributed by atoms with E-state index in [2.05, 4.69) is 0 Å². The maximum absolute atomic E-state index is 12.6. The topological polar surface area (TPSA) is 40.9 Å². The molecule has 0 saturated carbocycles. The van der Waals surface area contributed by atoms with Crippen LogP contribution in [-0.4, -0.2) is 38.6 Å². The van der Waals surface area contributed by atoms with Crippen molar-refractivity contribution in [2.75, 3.05) is 11.5 Å². The molecule has 2 atom stereocenters. The van der Waals surface area contributed by atoms with E-state index in [4.69, 9.17) is 5.26 Å². The summed E-state index contributed by atoms with van der Waals surface area (Å²) in [5, 5.41) is 7.05. The highest BCUT2D eigenvalue weighted by Crippen LogP contribution is 2.38. The van der Waals surface area contributed by atoms with Crippen molar-refractivity contribution in [3.63, 3.8) is 0 Å². The van der Waals surface area contributed by atoms with Gasteiger partial charge in [0.2, 0.25) is 0 Å². The van der Waals surface area contributed by atoms with Gasteiger partial charge in [0.1, 0.15) is 5.25 Å². The van der Waals surface area contributed by atoms with Crippen molar-refractivity contribution in [3.8, 4) is 6.07 Å². The first-order valence-electron chi connectivity index (χ1n) is 5.22. The molecule has 0 aliphatic rings. The van der Waals surface area contributed by atoms with E-state index in [0.29, 0.717) is 0 Å². The molecule has 0 saturated heterocycles. The van der Waals surface area contributed by atoms with Crippen LogP contribution in [-0.2, 0) is 10.8 Å². The summed E-state index contributed by atoms with van der Waals surface area (Å²) < 4.78 is 108. The van der Waals surface area contributed by atoms with Gasteiger partial charge in [0.15, 0.2) is 0 Å². The van der Waals surface area contributed by atoms with Gasteiger partial charge in [-0.25, -0.2) is 0 Å². The molecule has 0 aliphatic heterocycles. The van der Waals surface area contributed by atoms with Crippen LogP contribution in [0.1, 0.15) is 12.8 Å². The lowest BCUT2D eigenvalue weighted by Crippen LogP contribution is -2.38. The van der Waals surface area contributed by atoms with Crippen LogP contribution < -0.4 is 0 Å². The Morgan fingerprint density at radius 2 is 1.62 bits per heavy atom. The molecule has 0 spiro atoms. The minimum absolute atomic E-state index is 0.491. The van der Waals surface area contributed by atoms with Crippen molar-refractivity contribution in [2.24, 2.45) is 0 Å². The minimum Gasteiger partial charge on any atom is -0.258 e. The number of alkyl halides is 8. The van der Waals surface area contributed by atoms with E-state index in [1.165, 1.54) is 6.07 Å². The quantitative estimate of drug-likeness (QED) is 0.645. The molecule has 0 aliphatic carbocycles. The van der Waals surface area contributed by atoms with Gasteiger partial charge in [0.05, 0.1) is 6.07 Å². The van der Waals surface area contributed by atoms with Crippen LogP contribution in [0, 0.1) is 11.3 Å².